The Hall–Kier alpha value is -8.78. The fourth-order valence-electron chi connectivity index (χ4n) is 11.1. The van der Waals surface area contributed by atoms with Crippen molar-refractivity contribution in [3.63, 3.8) is 0 Å². The van der Waals surface area contributed by atoms with Gasteiger partial charge in [0.1, 0.15) is 0 Å². The summed E-state index contributed by atoms with van der Waals surface area (Å²) in [6.07, 6.45) is 0. The standard InChI is InChI=1S/C74H61N/c1-73(2,3)60-46-67(65-38-24-22-36-63(65)58-42-54(50-26-12-7-13-27-50)40-55(43-58)51-28-14-8-15-29-51)71-69(48-60)70-49-61(74(4,5)6)47-68(72(70)75(71)62-34-20-11-21-35-62)66-39-25-23-37-64(66)59-44-56(52-30-16-9-17-31-52)41-57(45-59)53-32-18-10-19-33-53/h7-49H,1-6H3. The van der Waals surface area contributed by atoms with E-state index in [-0.39, 0.29) is 10.8 Å². The summed E-state index contributed by atoms with van der Waals surface area (Å²) in [5.41, 5.74) is 24.9. The second-order valence-corrected chi connectivity index (χ2v) is 22.2. The van der Waals surface area contributed by atoms with Crippen molar-refractivity contribution in [3.05, 3.63) is 272 Å². The molecule has 362 valence electrons. The molecule has 0 amide bonds. The van der Waals surface area contributed by atoms with Gasteiger partial charge in [0.2, 0.25) is 0 Å². The van der Waals surface area contributed by atoms with Crippen LogP contribution in [0.1, 0.15) is 52.7 Å². The summed E-state index contributed by atoms with van der Waals surface area (Å²) in [6, 6.07) is 96.7. The van der Waals surface area contributed by atoms with Crippen LogP contribution >= 0.6 is 0 Å². The van der Waals surface area contributed by atoms with Gasteiger partial charge in [-0.05, 0) is 173 Å². The van der Waals surface area contributed by atoms with Crippen LogP contribution in [0.3, 0.4) is 0 Å². The highest BCUT2D eigenvalue weighted by molar-refractivity contribution is 6.19. The fourth-order valence-corrected chi connectivity index (χ4v) is 11.1. The minimum absolute atomic E-state index is 0.149. The lowest BCUT2D eigenvalue weighted by molar-refractivity contribution is 0.590. The van der Waals surface area contributed by atoms with Gasteiger partial charge in [-0.1, -0.05) is 230 Å². The van der Waals surface area contributed by atoms with Gasteiger partial charge in [0.15, 0.2) is 0 Å². The smallest absolute Gasteiger partial charge is 0.0620 e. The second kappa shape index (κ2) is 19.2. The van der Waals surface area contributed by atoms with E-state index in [1.165, 1.54) is 122 Å². The minimum Gasteiger partial charge on any atom is -0.308 e. The predicted octanol–water partition coefficient (Wildman–Crippen LogP) is 20.7. The first kappa shape index (κ1) is 47.2. The molecule has 75 heavy (non-hydrogen) atoms. The van der Waals surface area contributed by atoms with E-state index in [9.17, 15) is 0 Å². The van der Waals surface area contributed by atoms with Gasteiger partial charge in [-0.15, -0.1) is 0 Å². The Morgan fingerprint density at radius 1 is 0.227 bits per heavy atom. The van der Waals surface area contributed by atoms with E-state index in [1.54, 1.807) is 0 Å². The Morgan fingerprint density at radius 2 is 0.493 bits per heavy atom. The van der Waals surface area contributed by atoms with Gasteiger partial charge in [-0.2, -0.15) is 0 Å². The molecule has 1 heterocycles. The summed E-state index contributed by atoms with van der Waals surface area (Å²) in [6.45, 7) is 14.1. The molecule has 0 saturated carbocycles. The highest BCUT2D eigenvalue weighted by Gasteiger charge is 2.28. The molecule has 12 aromatic rings. The summed E-state index contributed by atoms with van der Waals surface area (Å²) in [5.74, 6) is 0. The van der Waals surface area contributed by atoms with Crippen molar-refractivity contribution in [1.29, 1.82) is 0 Å². The lowest BCUT2D eigenvalue weighted by Crippen LogP contribution is -2.11. The number of nitrogens with zero attached hydrogens (tertiary/aromatic N) is 1. The summed E-state index contributed by atoms with van der Waals surface area (Å²) < 4.78 is 2.59. The maximum absolute atomic E-state index is 2.59. The van der Waals surface area contributed by atoms with E-state index < -0.39 is 0 Å². The Morgan fingerprint density at radius 3 is 0.800 bits per heavy atom. The first-order valence-electron chi connectivity index (χ1n) is 26.4. The van der Waals surface area contributed by atoms with Gasteiger partial charge >= 0.3 is 0 Å². The predicted molar refractivity (Wildman–Crippen MR) is 322 cm³/mol. The zero-order valence-electron chi connectivity index (χ0n) is 43.8. The number of rotatable bonds is 9. The molecule has 0 atom stereocenters. The monoisotopic (exact) mass is 963 g/mol. The molecule has 0 radical (unpaired) electrons. The zero-order chi connectivity index (χ0) is 51.3. The van der Waals surface area contributed by atoms with Crippen LogP contribution in [-0.4, -0.2) is 4.57 Å². The van der Waals surface area contributed by atoms with Gasteiger partial charge in [-0.3, -0.25) is 0 Å². The SMILES string of the molecule is CC(C)(C)c1cc(-c2ccccc2-c2cc(-c3ccccc3)cc(-c3ccccc3)c2)c2c(c1)c1cc(C(C)(C)C)cc(-c3ccccc3-c3cc(-c4ccccc4)cc(-c4ccccc4)c3)c1n2-c1ccccc1. The van der Waals surface area contributed by atoms with Crippen LogP contribution in [0.4, 0.5) is 0 Å². The van der Waals surface area contributed by atoms with Crippen molar-refractivity contribution in [3.8, 4) is 94.7 Å². The molecular formula is C74H61N. The van der Waals surface area contributed by atoms with Gasteiger partial charge in [0.05, 0.1) is 11.0 Å². The zero-order valence-corrected chi connectivity index (χ0v) is 43.8. The Labute approximate surface area is 443 Å². The number of hydrogen-bond donors (Lipinski definition) is 0. The maximum Gasteiger partial charge on any atom is 0.0620 e. The van der Waals surface area contributed by atoms with Crippen LogP contribution < -0.4 is 0 Å². The average molecular weight is 964 g/mol. The number of aromatic nitrogens is 1. The van der Waals surface area contributed by atoms with Gasteiger partial charge < -0.3 is 4.57 Å². The third-order valence-corrected chi connectivity index (χ3v) is 15.1. The van der Waals surface area contributed by atoms with Gasteiger partial charge in [-0.25, -0.2) is 0 Å². The molecule has 1 heteroatoms. The van der Waals surface area contributed by atoms with E-state index in [4.69, 9.17) is 0 Å². The Bertz CT molecular complexity index is 3660. The average Bonchev–Trinajstić information content (AvgIpc) is 3.87. The van der Waals surface area contributed by atoms with Crippen molar-refractivity contribution in [2.45, 2.75) is 52.4 Å². The van der Waals surface area contributed by atoms with E-state index in [0.717, 1.165) is 5.69 Å². The molecule has 11 aromatic carbocycles. The first-order valence-corrected chi connectivity index (χ1v) is 26.4. The fraction of sp³-hybridized carbons (Fsp3) is 0.108. The van der Waals surface area contributed by atoms with E-state index in [2.05, 4.69) is 307 Å². The number of para-hydroxylation sites is 1. The van der Waals surface area contributed by atoms with Crippen molar-refractivity contribution in [1.82, 2.24) is 4.57 Å². The summed E-state index contributed by atoms with van der Waals surface area (Å²) in [5, 5.41) is 2.49. The largest absolute Gasteiger partial charge is 0.308 e. The molecular weight excluding hydrogens is 903 g/mol. The summed E-state index contributed by atoms with van der Waals surface area (Å²) in [4.78, 5) is 0. The molecule has 0 aliphatic carbocycles. The minimum atomic E-state index is -0.149. The van der Waals surface area contributed by atoms with E-state index in [0.29, 0.717) is 0 Å². The first-order chi connectivity index (χ1) is 36.5. The quantitative estimate of drug-likeness (QED) is 0.136. The van der Waals surface area contributed by atoms with Crippen molar-refractivity contribution < 1.29 is 0 Å². The normalized spacial score (nSPS) is 11.9. The van der Waals surface area contributed by atoms with Crippen LogP contribution in [0, 0.1) is 0 Å². The van der Waals surface area contributed by atoms with E-state index >= 15 is 0 Å². The molecule has 1 aromatic heterocycles. The summed E-state index contributed by atoms with van der Waals surface area (Å²) in [7, 11) is 0. The molecule has 0 unspecified atom stereocenters. The van der Waals surface area contributed by atoms with Crippen molar-refractivity contribution in [2.75, 3.05) is 0 Å². The molecule has 0 N–H and O–H groups in total. The van der Waals surface area contributed by atoms with Crippen LogP contribution in [-0.2, 0) is 10.8 Å². The highest BCUT2D eigenvalue weighted by Crippen LogP contribution is 2.49. The summed E-state index contributed by atoms with van der Waals surface area (Å²) >= 11 is 0. The molecule has 12 rings (SSSR count). The molecule has 0 aliphatic rings. The van der Waals surface area contributed by atoms with Crippen LogP contribution in [0.25, 0.3) is 117 Å². The van der Waals surface area contributed by atoms with Crippen molar-refractivity contribution >= 4 is 21.8 Å². The van der Waals surface area contributed by atoms with Crippen molar-refractivity contribution in [2.24, 2.45) is 0 Å². The molecule has 0 saturated heterocycles. The lowest BCUT2D eigenvalue weighted by Gasteiger charge is -2.23. The van der Waals surface area contributed by atoms with Crippen LogP contribution in [0.15, 0.2) is 261 Å². The molecule has 0 fully saturated rings. The van der Waals surface area contributed by atoms with Crippen LogP contribution in [0.5, 0.6) is 0 Å². The molecule has 0 bridgehead atoms. The third-order valence-electron chi connectivity index (χ3n) is 15.1. The Kier molecular flexibility index (Phi) is 12.1. The lowest BCUT2D eigenvalue weighted by atomic mass is 9.81. The third kappa shape index (κ3) is 9.10. The maximum atomic E-state index is 2.59. The number of fused-ring (bicyclic) bond motifs is 3. The van der Waals surface area contributed by atoms with Crippen LogP contribution in [0.2, 0.25) is 0 Å². The number of hydrogen-bond acceptors (Lipinski definition) is 0. The van der Waals surface area contributed by atoms with Gasteiger partial charge in [0, 0.05) is 27.6 Å². The highest BCUT2D eigenvalue weighted by atomic mass is 15.0. The Balaban J connectivity index is 1.19. The molecule has 0 aliphatic heterocycles. The van der Waals surface area contributed by atoms with E-state index in [1.807, 2.05) is 0 Å². The van der Waals surface area contributed by atoms with Gasteiger partial charge in [0.25, 0.3) is 0 Å². The topological polar surface area (TPSA) is 4.93 Å². The molecule has 0 spiro atoms. The second-order valence-electron chi connectivity index (χ2n) is 22.2. The molecule has 1 nitrogen and oxygen atoms in total. The number of benzene rings is 11.